The molecule has 2 fully saturated rings. The highest BCUT2D eigenvalue weighted by molar-refractivity contribution is 5.72. The van der Waals surface area contributed by atoms with Crippen LogP contribution in [-0.2, 0) is 28.5 Å². The Morgan fingerprint density at radius 3 is 1.45 bits per heavy atom. The van der Waals surface area contributed by atoms with Crippen LogP contribution in [0.25, 0.3) is 0 Å². The topological polar surface area (TPSA) is 71.1 Å². The third kappa shape index (κ3) is 11.2. The maximum absolute atomic E-state index is 11.8. The first-order valence-electron chi connectivity index (χ1n) is 13.4. The predicted molar refractivity (Wildman–Crippen MR) is 130 cm³/mol. The van der Waals surface area contributed by atoms with Crippen molar-refractivity contribution >= 4 is 11.9 Å². The molecule has 6 nitrogen and oxygen atoms in total. The lowest BCUT2D eigenvalue weighted by Gasteiger charge is -2.30. The summed E-state index contributed by atoms with van der Waals surface area (Å²) in [5, 5.41) is 0. The number of hydrogen-bond donors (Lipinski definition) is 0. The molecule has 194 valence electrons. The van der Waals surface area contributed by atoms with Crippen molar-refractivity contribution in [1.29, 1.82) is 0 Å². The van der Waals surface area contributed by atoms with Crippen LogP contribution in [-0.4, -0.2) is 38.2 Å². The maximum atomic E-state index is 11.8. The summed E-state index contributed by atoms with van der Waals surface area (Å²) in [7, 11) is 1.63. The normalized spacial score (nSPS) is 21.2. The van der Waals surface area contributed by atoms with E-state index in [1.165, 1.54) is 38.5 Å². The van der Waals surface area contributed by atoms with E-state index < -0.39 is 0 Å². The second kappa shape index (κ2) is 17.3. The Hall–Kier alpha value is -1.14. The van der Waals surface area contributed by atoms with E-state index in [2.05, 4.69) is 0 Å². The van der Waals surface area contributed by atoms with Crippen LogP contribution in [0.3, 0.4) is 0 Å². The van der Waals surface area contributed by atoms with E-state index in [4.69, 9.17) is 18.9 Å². The number of ether oxygens (including phenoxy) is 4. The minimum Gasteiger partial charge on any atom is -0.435 e. The molecule has 6 heteroatoms. The molecule has 33 heavy (non-hydrogen) atoms. The molecule has 4 unspecified atom stereocenters. The summed E-state index contributed by atoms with van der Waals surface area (Å²) in [4.78, 5) is 23.5. The minimum atomic E-state index is -0.332. The molecule has 4 atom stereocenters. The van der Waals surface area contributed by atoms with Crippen molar-refractivity contribution in [2.75, 3.05) is 13.7 Å². The summed E-state index contributed by atoms with van der Waals surface area (Å²) < 4.78 is 21.9. The van der Waals surface area contributed by atoms with Crippen molar-refractivity contribution in [1.82, 2.24) is 0 Å². The number of methoxy groups -OCH3 is 1. The van der Waals surface area contributed by atoms with Crippen molar-refractivity contribution in [2.24, 2.45) is 23.7 Å². The smallest absolute Gasteiger partial charge is 0.310 e. The van der Waals surface area contributed by atoms with Crippen molar-refractivity contribution < 1.29 is 28.5 Å². The van der Waals surface area contributed by atoms with Gasteiger partial charge in [-0.15, -0.1) is 0 Å². The van der Waals surface area contributed by atoms with Crippen LogP contribution in [0.2, 0.25) is 0 Å². The third-order valence-corrected chi connectivity index (χ3v) is 7.13. The van der Waals surface area contributed by atoms with E-state index in [1.54, 1.807) is 7.11 Å². The van der Waals surface area contributed by atoms with Crippen LogP contribution in [0.4, 0.5) is 0 Å². The first kappa shape index (κ1) is 29.9. The molecule has 0 bridgehead atoms. The lowest BCUT2D eigenvalue weighted by molar-refractivity contribution is -0.197. The first-order valence-corrected chi connectivity index (χ1v) is 13.4. The summed E-state index contributed by atoms with van der Waals surface area (Å²) >= 11 is 0. The van der Waals surface area contributed by atoms with Gasteiger partial charge < -0.3 is 18.9 Å². The Morgan fingerprint density at radius 1 is 0.697 bits per heavy atom. The summed E-state index contributed by atoms with van der Waals surface area (Å²) in [5.41, 5.74) is 0. The third-order valence-electron chi connectivity index (χ3n) is 7.13. The summed E-state index contributed by atoms with van der Waals surface area (Å²) in [6.07, 6.45) is 13.0. The lowest BCUT2D eigenvalue weighted by Crippen LogP contribution is -2.33. The number of rotatable bonds is 11. The second-order valence-corrected chi connectivity index (χ2v) is 9.72. The van der Waals surface area contributed by atoms with Crippen molar-refractivity contribution in [3.63, 3.8) is 0 Å². The van der Waals surface area contributed by atoms with Gasteiger partial charge in [-0.1, -0.05) is 66.2 Å². The monoisotopic (exact) mass is 470 g/mol. The molecule has 0 amide bonds. The van der Waals surface area contributed by atoms with Crippen molar-refractivity contribution in [3.05, 3.63) is 0 Å². The Balaban J connectivity index is 0.000000331. The van der Waals surface area contributed by atoms with Gasteiger partial charge in [0.25, 0.3) is 0 Å². The highest BCUT2D eigenvalue weighted by Crippen LogP contribution is 2.30. The molecular weight excluding hydrogens is 420 g/mol. The SMILES string of the molecule is CCC(C)C(=O)OC(OC)C1CCCCC1.CCOC(OC(=O)C(C)CC)C1CCCCC1. The zero-order valence-electron chi connectivity index (χ0n) is 22.1. The molecule has 0 spiro atoms. The Kier molecular flexibility index (Phi) is 15.7. The van der Waals surface area contributed by atoms with Gasteiger partial charge in [-0.25, -0.2) is 0 Å². The van der Waals surface area contributed by atoms with Crippen LogP contribution in [0, 0.1) is 23.7 Å². The molecule has 2 aliphatic carbocycles. The Bertz CT molecular complexity index is 525. The van der Waals surface area contributed by atoms with Gasteiger partial charge in [0.2, 0.25) is 12.6 Å². The zero-order valence-corrected chi connectivity index (χ0v) is 22.1. The van der Waals surface area contributed by atoms with Crippen LogP contribution < -0.4 is 0 Å². The fourth-order valence-corrected chi connectivity index (χ4v) is 4.37. The number of hydrogen-bond acceptors (Lipinski definition) is 6. The van der Waals surface area contributed by atoms with Gasteiger partial charge in [-0.3, -0.25) is 9.59 Å². The van der Waals surface area contributed by atoms with E-state index >= 15 is 0 Å². The fourth-order valence-electron chi connectivity index (χ4n) is 4.37. The maximum Gasteiger partial charge on any atom is 0.310 e. The van der Waals surface area contributed by atoms with E-state index in [9.17, 15) is 9.59 Å². The molecule has 2 aliphatic rings. The van der Waals surface area contributed by atoms with Gasteiger partial charge in [0.05, 0.1) is 11.8 Å². The highest BCUT2D eigenvalue weighted by Gasteiger charge is 2.29. The molecule has 0 saturated heterocycles. The Morgan fingerprint density at radius 2 is 1.09 bits per heavy atom. The van der Waals surface area contributed by atoms with E-state index in [0.29, 0.717) is 18.4 Å². The molecule has 2 rings (SSSR count). The van der Waals surface area contributed by atoms with Crippen molar-refractivity contribution in [2.45, 2.75) is 124 Å². The molecular formula is C27H50O6. The fraction of sp³-hybridized carbons (Fsp3) is 0.926. The number of carbonyl (C=O) groups is 2. The lowest BCUT2D eigenvalue weighted by atomic mass is 9.89. The van der Waals surface area contributed by atoms with Gasteiger partial charge in [0, 0.05) is 25.6 Å². The van der Waals surface area contributed by atoms with Gasteiger partial charge in [-0.2, -0.15) is 0 Å². The number of carbonyl (C=O) groups excluding carboxylic acids is 2. The first-order chi connectivity index (χ1) is 15.9. The summed E-state index contributed by atoms with van der Waals surface area (Å²) in [6.45, 7) is 10.4. The van der Waals surface area contributed by atoms with Crippen LogP contribution in [0.5, 0.6) is 0 Å². The van der Waals surface area contributed by atoms with Gasteiger partial charge in [0.15, 0.2) is 0 Å². The van der Waals surface area contributed by atoms with Crippen LogP contribution in [0.1, 0.15) is 112 Å². The van der Waals surface area contributed by atoms with E-state index in [1.807, 2.05) is 34.6 Å². The van der Waals surface area contributed by atoms with E-state index in [0.717, 1.165) is 38.5 Å². The van der Waals surface area contributed by atoms with Crippen molar-refractivity contribution in [3.8, 4) is 0 Å². The quantitative estimate of drug-likeness (QED) is 0.249. The molecule has 0 aromatic carbocycles. The minimum absolute atomic E-state index is 0.0263. The zero-order chi connectivity index (χ0) is 24.6. The van der Waals surface area contributed by atoms with Gasteiger partial charge in [0.1, 0.15) is 0 Å². The average Bonchev–Trinajstić information content (AvgIpc) is 2.87. The average molecular weight is 471 g/mol. The molecule has 0 aromatic heterocycles. The Labute approximate surface area is 202 Å². The van der Waals surface area contributed by atoms with Gasteiger partial charge >= 0.3 is 11.9 Å². The second-order valence-electron chi connectivity index (χ2n) is 9.72. The number of esters is 2. The van der Waals surface area contributed by atoms with Crippen LogP contribution in [0.15, 0.2) is 0 Å². The summed E-state index contributed by atoms with van der Waals surface area (Å²) in [6, 6.07) is 0. The highest BCUT2D eigenvalue weighted by atomic mass is 16.7. The standard InChI is InChI=1S/C14H26O3.C13H24O3/c1-4-11(3)13(15)17-14(16-5-2)12-9-7-6-8-10-12;1-4-10(2)12(14)16-13(15-3)11-8-6-5-7-9-11/h11-12,14H,4-10H2,1-3H3;10-11,13H,4-9H2,1-3H3. The molecule has 0 aliphatic heterocycles. The van der Waals surface area contributed by atoms with Crippen LogP contribution >= 0.6 is 0 Å². The predicted octanol–water partition coefficient (Wildman–Crippen LogP) is 6.65. The molecule has 2 saturated carbocycles. The molecule has 0 radical (unpaired) electrons. The van der Waals surface area contributed by atoms with Gasteiger partial charge in [-0.05, 0) is 45.4 Å². The molecule has 0 aromatic rings. The largest absolute Gasteiger partial charge is 0.435 e. The molecule has 0 N–H and O–H groups in total. The molecule has 0 heterocycles. The summed E-state index contributed by atoms with van der Waals surface area (Å²) in [5.74, 6) is 0.502. The van der Waals surface area contributed by atoms with E-state index in [-0.39, 0.29) is 36.4 Å².